The van der Waals surface area contributed by atoms with Gasteiger partial charge in [0, 0.05) is 26.7 Å². The number of unbranched alkanes of at least 4 members (excludes halogenated alkanes) is 2. The van der Waals surface area contributed by atoms with Crippen LogP contribution in [0.5, 0.6) is 0 Å². The number of sulfone groups is 1. The van der Waals surface area contributed by atoms with Gasteiger partial charge in [-0.15, -0.1) is 0 Å². The van der Waals surface area contributed by atoms with Gasteiger partial charge in [0.05, 0.1) is 10.5 Å². The third-order valence-corrected chi connectivity index (χ3v) is 6.15. The fourth-order valence-electron chi connectivity index (χ4n) is 2.23. The Labute approximate surface area is 117 Å². The summed E-state index contributed by atoms with van der Waals surface area (Å²) in [5.41, 5.74) is 0. The van der Waals surface area contributed by atoms with Gasteiger partial charge in [0.1, 0.15) is 0 Å². The van der Waals surface area contributed by atoms with Gasteiger partial charge in [-0.3, -0.25) is 4.99 Å². The molecule has 0 unspecified atom stereocenters. The van der Waals surface area contributed by atoms with Crippen LogP contribution < -0.4 is 5.32 Å². The molecule has 112 valence electrons. The van der Waals surface area contributed by atoms with Crippen molar-refractivity contribution in [2.75, 3.05) is 32.4 Å². The largest absolute Gasteiger partial charge is 0.356 e. The zero-order valence-corrected chi connectivity index (χ0v) is 13.4. The molecule has 0 amide bonds. The molecule has 0 spiro atoms. The first-order valence-electron chi connectivity index (χ1n) is 7.02. The number of rotatable bonds is 4. The number of hydrogen-bond donors (Lipinski definition) is 1. The molecule has 0 atom stereocenters. The normalized spacial score (nSPS) is 22.3. The molecule has 1 saturated heterocycles. The van der Waals surface area contributed by atoms with Crippen molar-refractivity contribution >= 4 is 15.8 Å². The molecule has 1 aliphatic heterocycles. The van der Waals surface area contributed by atoms with Gasteiger partial charge in [-0.1, -0.05) is 19.8 Å². The number of aliphatic imine (C=N–C) groups is 1. The Morgan fingerprint density at radius 3 is 2.58 bits per heavy atom. The van der Waals surface area contributed by atoms with Crippen LogP contribution in [-0.2, 0) is 9.84 Å². The maximum absolute atomic E-state index is 12.0. The molecule has 0 radical (unpaired) electrons. The number of hydrogen-bond acceptors (Lipinski definition) is 3. The lowest BCUT2D eigenvalue weighted by molar-refractivity contribution is 0.353. The predicted octanol–water partition coefficient (Wildman–Crippen LogP) is 1.26. The molecule has 5 nitrogen and oxygen atoms in total. The molecule has 0 aliphatic carbocycles. The molecule has 1 aliphatic rings. The second-order valence-electron chi connectivity index (χ2n) is 5.68. The van der Waals surface area contributed by atoms with E-state index in [-0.39, 0.29) is 5.75 Å². The van der Waals surface area contributed by atoms with Crippen LogP contribution in [0.4, 0.5) is 0 Å². The van der Waals surface area contributed by atoms with Gasteiger partial charge in [0.15, 0.2) is 15.8 Å². The highest BCUT2D eigenvalue weighted by Gasteiger charge is 2.40. The molecule has 19 heavy (non-hydrogen) atoms. The quantitative estimate of drug-likeness (QED) is 0.481. The van der Waals surface area contributed by atoms with Crippen molar-refractivity contribution in [2.24, 2.45) is 4.99 Å². The number of guanidine groups is 1. The Morgan fingerprint density at radius 2 is 2.05 bits per heavy atom. The molecule has 0 bridgehead atoms. The van der Waals surface area contributed by atoms with Crippen LogP contribution in [-0.4, -0.2) is 56.5 Å². The predicted molar refractivity (Wildman–Crippen MR) is 80.3 cm³/mol. The first-order chi connectivity index (χ1) is 8.84. The van der Waals surface area contributed by atoms with Crippen LogP contribution >= 0.6 is 0 Å². The van der Waals surface area contributed by atoms with E-state index in [4.69, 9.17) is 0 Å². The van der Waals surface area contributed by atoms with Crippen molar-refractivity contribution in [3.8, 4) is 0 Å². The van der Waals surface area contributed by atoms with Crippen molar-refractivity contribution in [3.05, 3.63) is 0 Å². The summed E-state index contributed by atoms with van der Waals surface area (Å²) in [7, 11) is -1.24. The van der Waals surface area contributed by atoms with E-state index < -0.39 is 14.6 Å². The molecule has 1 heterocycles. The molecule has 0 aromatic rings. The molecule has 0 aromatic heterocycles. The van der Waals surface area contributed by atoms with Crippen LogP contribution in [0.15, 0.2) is 4.99 Å². The SMILES string of the molecule is CCCCCNC(=NC)N1CCS(=O)(=O)C(C)(C)C1. The second-order valence-corrected chi connectivity index (χ2v) is 8.42. The van der Waals surface area contributed by atoms with Gasteiger partial charge in [0.25, 0.3) is 0 Å². The summed E-state index contributed by atoms with van der Waals surface area (Å²) in [5.74, 6) is 1.02. The van der Waals surface area contributed by atoms with Crippen molar-refractivity contribution in [3.63, 3.8) is 0 Å². The van der Waals surface area contributed by atoms with Gasteiger partial charge in [-0.25, -0.2) is 8.42 Å². The van der Waals surface area contributed by atoms with E-state index >= 15 is 0 Å². The number of nitrogens with zero attached hydrogens (tertiary/aromatic N) is 2. The third kappa shape index (κ3) is 4.09. The molecular weight excluding hydrogens is 262 g/mol. The highest BCUT2D eigenvalue weighted by Crippen LogP contribution is 2.23. The van der Waals surface area contributed by atoms with E-state index in [0.29, 0.717) is 13.1 Å². The molecule has 0 aromatic carbocycles. The van der Waals surface area contributed by atoms with Crippen LogP contribution in [0.25, 0.3) is 0 Å². The van der Waals surface area contributed by atoms with Crippen LogP contribution in [0.1, 0.15) is 40.0 Å². The average Bonchev–Trinajstić information content (AvgIpc) is 2.33. The average molecular weight is 289 g/mol. The Morgan fingerprint density at radius 1 is 1.37 bits per heavy atom. The molecule has 6 heteroatoms. The first-order valence-corrected chi connectivity index (χ1v) is 8.67. The van der Waals surface area contributed by atoms with Crippen LogP contribution in [0.2, 0.25) is 0 Å². The standard InChI is InChI=1S/C13H27N3O2S/c1-5-6-7-8-15-12(14-4)16-9-10-19(17,18)13(2,3)11-16/h5-11H2,1-4H3,(H,14,15). The van der Waals surface area contributed by atoms with Gasteiger partial charge in [-0.05, 0) is 20.3 Å². The Balaban J connectivity index is 2.60. The van der Waals surface area contributed by atoms with Crippen LogP contribution in [0.3, 0.4) is 0 Å². The maximum atomic E-state index is 12.0. The summed E-state index contributed by atoms with van der Waals surface area (Å²) in [6.07, 6.45) is 3.50. The van der Waals surface area contributed by atoms with Crippen molar-refractivity contribution < 1.29 is 8.42 Å². The van der Waals surface area contributed by atoms with Gasteiger partial charge in [-0.2, -0.15) is 0 Å². The van der Waals surface area contributed by atoms with E-state index in [1.807, 2.05) is 4.90 Å². The van der Waals surface area contributed by atoms with Gasteiger partial charge < -0.3 is 10.2 Å². The second kappa shape index (κ2) is 6.59. The van der Waals surface area contributed by atoms with E-state index in [1.165, 1.54) is 12.8 Å². The lowest BCUT2D eigenvalue weighted by Crippen LogP contribution is -2.57. The van der Waals surface area contributed by atoms with Crippen LogP contribution in [0, 0.1) is 0 Å². The fourth-order valence-corrected chi connectivity index (χ4v) is 3.60. The minimum absolute atomic E-state index is 0.204. The first kappa shape index (κ1) is 16.3. The molecule has 1 N–H and O–H groups in total. The van der Waals surface area contributed by atoms with Crippen molar-refractivity contribution in [1.29, 1.82) is 0 Å². The van der Waals surface area contributed by atoms with E-state index in [1.54, 1.807) is 20.9 Å². The Hall–Kier alpha value is -0.780. The van der Waals surface area contributed by atoms with E-state index in [9.17, 15) is 8.42 Å². The summed E-state index contributed by atoms with van der Waals surface area (Å²) in [5, 5.41) is 3.32. The zero-order valence-electron chi connectivity index (χ0n) is 12.6. The molecular formula is C13H27N3O2S. The highest BCUT2D eigenvalue weighted by molar-refractivity contribution is 7.92. The van der Waals surface area contributed by atoms with Gasteiger partial charge in [0.2, 0.25) is 0 Å². The minimum atomic E-state index is -2.99. The molecule has 1 fully saturated rings. The van der Waals surface area contributed by atoms with Gasteiger partial charge >= 0.3 is 0 Å². The molecule has 1 rings (SSSR count). The summed E-state index contributed by atoms with van der Waals surface area (Å²) in [6.45, 7) is 7.68. The van der Waals surface area contributed by atoms with E-state index in [0.717, 1.165) is 18.9 Å². The van der Waals surface area contributed by atoms with Crippen molar-refractivity contribution in [2.45, 2.75) is 44.8 Å². The Kier molecular flexibility index (Phi) is 5.64. The summed E-state index contributed by atoms with van der Waals surface area (Å²) in [6, 6.07) is 0. The minimum Gasteiger partial charge on any atom is -0.356 e. The summed E-state index contributed by atoms with van der Waals surface area (Å²) >= 11 is 0. The van der Waals surface area contributed by atoms with E-state index in [2.05, 4.69) is 17.2 Å². The number of nitrogens with one attached hydrogen (secondary N) is 1. The summed E-state index contributed by atoms with van der Waals surface area (Å²) < 4.78 is 23.2. The third-order valence-electron chi connectivity index (χ3n) is 3.62. The smallest absolute Gasteiger partial charge is 0.193 e. The monoisotopic (exact) mass is 289 g/mol. The molecule has 0 saturated carbocycles. The van der Waals surface area contributed by atoms with Crippen molar-refractivity contribution in [1.82, 2.24) is 10.2 Å². The Bertz CT molecular complexity index is 416. The fraction of sp³-hybridized carbons (Fsp3) is 0.923. The zero-order chi connectivity index (χ0) is 14.5. The highest BCUT2D eigenvalue weighted by atomic mass is 32.2. The lowest BCUT2D eigenvalue weighted by Gasteiger charge is -2.39. The maximum Gasteiger partial charge on any atom is 0.193 e. The topological polar surface area (TPSA) is 61.8 Å². The summed E-state index contributed by atoms with van der Waals surface area (Å²) in [4.78, 5) is 6.31. The lowest BCUT2D eigenvalue weighted by atomic mass is 10.2.